The smallest absolute Gasteiger partial charge is 0.215 e. The van der Waals surface area contributed by atoms with E-state index in [0.717, 1.165) is 5.56 Å². The molecule has 2 unspecified atom stereocenters. The Morgan fingerprint density at radius 1 is 1.10 bits per heavy atom. The second-order valence-corrected chi connectivity index (χ2v) is 12.0. The van der Waals surface area contributed by atoms with Crippen LogP contribution in [-0.2, 0) is 20.4 Å². The Labute approximate surface area is 237 Å². The fraction of sp³-hybridized carbons (Fsp3) is 0.357. The van der Waals surface area contributed by atoms with Crippen molar-refractivity contribution >= 4 is 10.0 Å². The van der Waals surface area contributed by atoms with Crippen LogP contribution in [0.15, 0.2) is 60.9 Å². The zero-order chi connectivity index (χ0) is 29.4. The molecule has 0 amide bonds. The Kier molecular flexibility index (Phi) is 7.77. The van der Waals surface area contributed by atoms with Gasteiger partial charge in [-0.25, -0.2) is 27.9 Å². The van der Waals surface area contributed by atoms with E-state index in [9.17, 15) is 12.8 Å². The summed E-state index contributed by atoms with van der Waals surface area (Å²) in [7, 11) is -4.25. The number of fused-ring (bicyclic) bond motifs is 3. The summed E-state index contributed by atoms with van der Waals surface area (Å²) in [5.41, 5.74) is -0.459. The number of primary sulfonamides is 1. The Morgan fingerprint density at radius 3 is 2.44 bits per heavy atom. The molecular formula is C28H31FN6O5S. The van der Waals surface area contributed by atoms with Gasteiger partial charge in [-0.05, 0) is 69.7 Å². The van der Waals surface area contributed by atoms with Gasteiger partial charge in [0.05, 0.1) is 11.7 Å². The molecule has 0 bridgehead atoms. The summed E-state index contributed by atoms with van der Waals surface area (Å²) in [6.07, 6.45) is 2.65. The molecule has 3 heterocycles. The molecule has 2 N–H and O–H groups in total. The number of nitrogens with zero attached hydrogens (tertiary/aromatic N) is 5. The van der Waals surface area contributed by atoms with Crippen LogP contribution in [0.5, 0.6) is 11.5 Å². The predicted octanol–water partition coefficient (Wildman–Crippen LogP) is 3.54. The van der Waals surface area contributed by atoms with Gasteiger partial charge in [0.25, 0.3) is 0 Å². The topological polar surface area (TPSA) is 144 Å². The molecule has 2 aromatic carbocycles. The standard InChI is InChI=1S/C28H31FN6O5S/c1-17(2)40-28(19(4)41(30,36)37,26-31-13-18(3)14-32-26)27-34-33-25-23-7-5-6-8-24(23)39-16-21(35(25)27)15-38-22-11-9-20(29)10-12-22/h5-14,17,19,21H,15-16H2,1-4H3,(H2,30,36,37)/t19?,21-,28?/m0/s1. The molecule has 5 rings (SSSR count). The normalized spacial score (nSPS) is 17.1. The molecule has 13 heteroatoms. The molecule has 1 aliphatic rings. The number of rotatable bonds is 9. The summed E-state index contributed by atoms with van der Waals surface area (Å²) in [6.45, 7) is 6.96. The SMILES string of the molecule is Cc1cnc(C(OC(C)C)(c2nnc3n2[C@@H](COc2ccc(F)cc2)COc2ccccc2-3)C(C)S(N)(=O)=O)nc1. The highest BCUT2D eigenvalue weighted by Crippen LogP contribution is 2.43. The molecule has 0 aliphatic carbocycles. The fourth-order valence-corrected chi connectivity index (χ4v) is 5.54. The van der Waals surface area contributed by atoms with Gasteiger partial charge in [-0.2, -0.15) is 0 Å². The van der Waals surface area contributed by atoms with E-state index < -0.39 is 33.0 Å². The number of para-hydroxylation sites is 1. The van der Waals surface area contributed by atoms with E-state index in [1.807, 2.05) is 31.2 Å². The van der Waals surface area contributed by atoms with E-state index in [2.05, 4.69) is 20.2 Å². The van der Waals surface area contributed by atoms with Crippen molar-refractivity contribution in [1.82, 2.24) is 24.7 Å². The number of benzene rings is 2. The lowest BCUT2D eigenvalue weighted by atomic mass is 9.95. The first kappa shape index (κ1) is 28.6. The molecule has 2 aromatic heterocycles. The van der Waals surface area contributed by atoms with Crippen molar-refractivity contribution in [2.45, 2.75) is 50.7 Å². The molecule has 0 fully saturated rings. The summed E-state index contributed by atoms with van der Waals surface area (Å²) in [6, 6.07) is 12.4. The first-order chi connectivity index (χ1) is 19.5. The van der Waals surface area contributed by atoms with Gasteiger partial charge < -0.3 is 14.2 Å². The molecule has 0 saturated carbocycles. The van der Waals surface area contributed by atoms with Gasteiger partial charge in [0.15, 0.2) is 17.5 Å². The van der Waals surface area contributed by atoms with Crippen LogP contribution in [-0.4, -0.2) is 57.7 Å². The van der Waals surface area contributed by atoms with Crippen LogP contribution < -0.4 is 14.6 Å². The van der Waals surface area contributed by atoms with Crippen molar-refractivity contribution in [1.29, 1.82) is 0 Å². The first-order valence-corrected chi connectivity index (χ1v) is 14.7. The second-order valence-electron chi connectivity index (χ2n) is 10.2. The van der Waals surface area contributed by atoms with E-state index >= 15 is 0 Å². The van der Waals surface area contributed by atoms with Crippen LogP contribution in [0.25, 0.3) is 11.4 Å². The average Bonchev–Trinajstić information content (AvgIpc) is 3.31. The van der Waals surface area contributed by atoms with Crippen molar-refractivity contribution in [2.24, 2.45) is 5.14 Å². The maximum Gasteiger partial charge on any atom is 0.215 e. The highest BCUT2D eigenvalue weighted by atomic mass is 32.2. The molecule has 216 valence electrons. The third-order valence-corrected chi connectivity index (χ3v) is 8.13. The molecular weight excluding hydrogens is 551 g/mol. The Balaban J connectivity index is 1.76. The van der Waals surface area contributed by atoms with Crippen LogP contribution >= 0.6 is 0 Å². The average molecular weight is 583 g/mol. The fourth-order valence-electron chi connectivity index (χ4n) is 4.81. The maximum atomic E-state index is 13.5. The van der Waals surface area contributed by atoms with Gasteiger partial charge in [-0.15, -0.1) is 10.2 Å². The Morgan fingerprint density at radius 2 is 1.78 bits per heavy atom. The van der Waals surface area contributed by atoms with Gasteiger partial charge in [0.1, 0.15) is 41.8 Å². The van der Waals surface area contributed by atoms with E-state index in [1.54, 1.807) is 30.8 Å². The number of aryl methyl sites for hydroxylation is 1. The van der Waals surface area contributed by atoms with Crippen molar-refractivity contribution < 1.29 is 27.0 Å². The molecule has 41 heavy (non-hydrogen) atoms. The molecule has 0 radical (unpaired) electrons. The van der Waals surface area contributed by atoms with Crippen LogP contribution in [0.2, 0.25) is 0 Å². The second kappa shape index (κ2) is 11.1. The third kappa shape index (κ3) is 5.52. The Hall–Kier alpha value is -3.94. The minimum absolute atomic E-state index is 0.0495. The van der Waals surface area contributed by atoms with Crippen LogP contribution in [0, 0.1) is 12.7 Å². The lowest BCUT2D eigenvalue weighted by Crippen LogP contribution is -2.52. The number of ether oxygens (including phenoxy) is 3. The number of hydrogen-bond donors (Lipinski definition) is 1. The highest BCUT2D eigenvalue weighted by molar-refractivity contribution is 7.89. The lowest BCUT2D eigenvalue weighted by molar-refractivity contribution is -0.0713. The molecule has 0 saturated heterocycles. The minimum atomic E-state index is -4.25. The van der Waals surface area contributed by atoms with Gasteiger partial charge >= 0.3 is 0 Å². The van der Waals surface area contributed by atoms with Gasteiger partial charge in [-0.3, -0.25) is 4.57 Å². The van der Waals surface area contributed by atoms with Gasteiger partial charge in [0, 0.05) is 12.4 Å². The Bertz CT molecular complexity index is 1630. The zero-order valence-corrected chi connectivity index (χ0v) is 23.9. The van der Waals surface area contributed by atoms with Crippen LogP contribution in [0.1, 0.15) is 44.0 Å². The summed E-state index contributed by atoms with van der Waals surface area (Å²) < 4.78 is 60.1. The van der Waals surface area contributed by atoms with Crippen molar-refractivity contribution in [3.63, 3.8) is 0 Å². The van der Waals surface area contributed by atoms with E-state index in [-0.39, 0.29) is 30.7 Å². The number of nitrogens with two attached hydrogens (primary N) is 1. The summed E-state index contributed by atoms with van der Waals surface area (Å²) in [5, 5.41) is 13.4. The number of aromatic nitrogens is 5. The molecule has 3 atom stereocenters. The minimum Gasteiger partial charge on any atom is -0.491 e. The molecule has 1 aliphatic heterocycles. The van der Waals surface area contributed by atoms with E-state index in [4.69, 9.17) is 19.3 Å². The lowest BCUT2D eigenvalue weighted by Gasteiger charge is -2.38. The number of hydrogen-bond acceptors (Lipinski definition) is 9. The summed E-state index contributed by atoms with van der Waals surface area (Å²) >= 11 is 0. The first-order valence-electron chi connectivity index (χ1n) is 13.0. The largest absolute Gasteiger partial charge is 0.491 e. The monoisotopic (exact) mass is 582 g/mol. The predicted molar refractivity (Wildman–Crippen MR) is 148 cm³/mol. The highest BCUT2D eigenvalue weighted by Gasteiger charge is 2.54. The zero-order valence-electron chi connectivity index (χ0n) is 23.1. The molecule has 11 nitrogen and oxygen atoms in total. The van der Waals surface area contributed by atoms with Crippen molar-refractivity contribution in [2.75, 3.05) is 13.2 Å². The summed E-state index contributed by atoms with van der Waals surface area (Å²) in [5.74, 6) is 1.21. The van der Waals surface area contributed by atoms with Crippen LogP contribution in [0.4, 0.5) is 4.39 Å². The molecule has 0 spiro atoms. The third-order valence-electron chi connectivity index (χ3n) is 6.81. The number of halogens is 1. The summed E-state index contributed by atoms with van der Waals surface area (Å²) in [4.78, 5) is 9.01. The van der Waals surface area contributed by atoms with Crippen LogP contribution in [0.3, 0.4) is 0 Å². The van der Waals surface area contributed by atoms with Gasteiger partial charge in [-0.1, -0.05) is 12.1 Å². The van der Waals surface area contributed by atoms with Gasteiger partial charge in [0.2, 0.25) is 15.6 Å². The maximum absolute atomic E-state index is 13.5. The molecule has 4 aromatic rings. The van der Waals surface area contributed by atoms with Crippen molar-refractivity contribution in [3.05, 3.63) is 84.0 Å². The van der Waals surface area contributed by atoms with E-state index in [1.165, 1.54) is 31.2 Å². The van der Waals surface area contributed by atoms with Crippen molar-refractivity contribution in [3.8, 4) is 22.9 Å². The quantitative estimate of drug-likeness (QED) is 0.313. The number of sulfonamides is 1. The van der Waals surface area contributed by atoms with E-state index in [0.29, 0.717) is 22.9 Å².